The zero-order chi connectivity index (χ0) is 9.80. The standard InChI is InChI=1S/C10H9N3O/c14-7-12-5-9-3-1-2-8-4-11-6-13-10(8)9/h1-4,6-7H,5H2,(H,12,14). The van der Waals surface area contributed by atoms with E-state index in [1.807, 2.05) is 18.2 Å². The number of carbonyl (C=O) groups is 1. The molecule has 0 spiro atoms. The van der Waals surface area contributed by atoms with E-state index in [1.54, 1.807) is 6.20 Å². The third-order valence-electron chi connectivity index (χ3n) is 1.99. The summed E-state index contributed by atoms with van der Waals surface area (Å²) in [6.07, 6.45) is 3.94. The van der Waals surface area contributed by atoms with Gasteiger partial charge in [0.1, 0.15) is 6.33 Å². The first kappa shape index (κ1) is 8.62. The van der Waals surface area contributed by atoms with E-state index in [0.29, 0.717) is 13.0 Å². The molecule has 0 aliphatic rings. The summed E-state index contributed by atoms with van der Waals surface area (Å²) in [5.74, 6) is 0. The summed E-state index contributed by atoms with van der Waals surface area (Å²) in [4.78, 5) is 18.3. The Morgan fingerprint density at radius 1 is 1.43 bits per heavy atom. The lowest BCUT2D eigenvalue weighted by atomic mass is 10.1. The van der Waals surface area contributed by atoms with Crippen LogP contribution in [0.2, 0.25) is 0 Å². The van der Waals surface area contributed by atoms with Crippen molar-refractivity contribution >= 4 is 17.3 Å². The summed E-state index contributed by atoms with van der Waals surface area (Å²) < 4.78 is 0. The highest BCUT2D eigenvalue weighted by Gasteiger charge is 2.00. The number of benzene rings is 1. The molecule has 2 aromatic rings. The molecule has 1 heterocycles. The van der Waals surface area contributed by atoms with E-state index in [9.17, 15) is 4.79 Å². The second kappa shape index (κ2) is 3.83. The van der Waals surface area contributed by atoms with Gasteiger partial charge in [-0.3, -0.25) is 4.79 Å². The number of nitrogens with zero attached hydrogens (tertiary/aromatic N) is 2. The molecular weight excluding hydrogens is 178 g/mol. The van der Waals surface area contributed by atoms with Crippen molar-refractivity contribution in [1.29, 1.82) is 0 Å². The van der Waals surface area contributed by atoms with Gasteiger partial charge >= 0.3 is 0 Å². The summed E-state index contributed by atoms with van der Waals surface area (Å²) in [5, 5.41) is 3.60. The predicted octanol–water partition coefficient (Wildman–Crippen LogP) is 0.876. The molecule has 0 bridgehead atoms. The van der Waals surface area contributed by atoms with Gasteiger partial charge in [-0.05, 0) is 5.56 Å². The fourth-order valence-corrected chi connectivity index (χ4v) is 1.37. The van der Waals surface area contributed by atoms with Gasteiger partial charge in [0.05, 0.1) is 5.52 Å². The van der Waals surface area contributed by atoms with Crippen LogP contribution in [0.3, 0.4) is 0 Å². The van der Waals surface area contributed by atoms with Crippen LogP contribution in [-0.4, -0.2) is 16.4 Å². The number of hydrogen-bond acceptors (Lipinski definition) is 3. The van der Waals surface area contributed by atoms with Gasteiger partial charge in [-0.15, -0.1) is 0 Å². The van der Waals surface area contributed by atoms with E-state index < -0.39 is 0 Å². The maximum atomic E-state index is 10.2. The number of carbonyl (C=O) groups excluding carboxylic acids is 1. The van der Waals surface area contributed by atoms with Crippen LogP contribution in [0.5, 0.6) is 0 Å². The van der Waals surface area contributed by atoms with Crippen molar-refractivity contribution in [2.24, 2.45) is 0 Å². The normalized spacial score (nSPS) is 10.0. The molecule has 0 saturated carbocycles. The minimum absolute atomic E-state index is 0.498. The summed E-state index contributed by atoms with van der Waals surface area (Å²) in [5.41, 5.74) is 1.88. The topological polar surface area (TPSA) is 54.9 Å². The van der Waals surface area contributed by atoms with Crippen LogP contribution in [0.15, 0.2) is 30.7 Å². The lowest BCUT2D eigenvalue weighted by Gasteiger charge is -2.03. The van der Waals surface area contributed by atoms with E-state index in [2.05, 4.69) is 15.3 Å². The number of fused-ring (bicyclic) bond motifs is 1. The maximum absolute atomic E-state index is 10.2. The molecule has 1 aromatic heterocycles. The molecule has 2 rings (SSSR count). The number of nitrogens with one attached hydrogen (secondary N) is 1. The first-order valence-electron chi connectivity index (χ1n) is 4.26. The predicted molar refractivity (Wildman–Crippen MR) is 52.4 cm³/mol. The summed E-state index contributed by atoms with van der Waals surface area (Å²) in [7, 11) is 0. The van der Waals surface area contributed by atoms with Crippen molar-refractivity contribution in [3.63, 3.8) is 0 Å². The van der Waals surface area contributed by atoms with Gasteiger partial charge in [-0.1, -0.05) is 18.2 Å². The highest BCUT2D eigenvalue weighted by Crippen LogP contribution is 2.14. The van der Waals surface area contributed by atoms with Gasteiger partial charge in [0.15, 0.2) is 0 Å². The third-order valence-corrected chi connectivity index (χ3v) is 1.99. The molecule has 0 saturated heterocycles. The van der Waals surface area contributed by atoms with E-state index in [-0.39, 0.29) is 0 Å². The molecule has 0 aliphatic carbocycles. The summed E-state index contributed by atoms with van der Waals surface area (Å²) in [6, 6.07) is 5.80. The number of para-hydroxylation sites is 1. The molecule has 0 atom stereocenters. The van der Waals surface area contributed by atoms with Crippen molar-refractivity contribution in [3.05, 3.63) is 36.3 Å². The number of rotatable bonds is 3. The van der Waals surface area contributed by atoms with Crippen LogP contribution >= 0.6 is 0 Å². The summed E-state index contributed by atoms with van der Waals surface area (Å²) >= 11 is 0. The molecule has 4 nitrogen and oxygen atoms in total. The molecule has 1 aromatic carbocycles. The minimum atomic E-state index is 0.498. The van der Waals surface area contributed by atoms with Gasteiger partial charge in [0.2, 0.25) is 6.41 Å². The van der Waals surface area contributed by atoms with E-state index in [1.165, 1.54) is 6.33 Å². The smallest absolute Gasteiger partial charge is 0.207 e. The molecule has 14 heavy (non-hydrogen) atoms. The zero-order valence-electron chi connectivity index (χ0n) is 7.47. The minimum Gasteiger partial charge on any atom is -0.355 e. The Labute approximate surface area is 81.0 Å². The molecule has 0 radical (unpaired) electrons. The lowest BCUT2D eigenvalue weighted by Crippen LogP contribution is -2.10. The average Bonchev–Trinajstić information content (AvgIpc) is 2.26. The van der Waals surface area contributed by atoms with Gasteiger partial charge in [-0.25, -0.2) is 9.97 Å². The fraction of sp³-hybridized carbons (Fsp3) is 0.100. The average molecular weight is 187 g/mol. The van der Waals surface area contributed by atoms with Crippen molar-refractivity contribution < 1.29 is 4.79 Å². The fourth-order valence-electron chi connectivity index (χ4n) is 1.37. The van der Waals surface area contributed by atoms with E-state index in [0.717, 1.165) is 16.5 Å². The Hall–Kier alpha value is -1.97. The second-order valence-corrected chi connectivity index (χ2v) is 2.88. The van der Waals surface area contributed by atoms with Crippen LogP contribution in [0.4, 0.5) is 0 Å². The Kier molecular flexibility index (Phi) is 2.36. The third kappa shape index (κ3) is 1.54. The van der Waals surface area contributed by atoms with Crippen LogP contribution < -0.4 is 5.32 Å². The first-order chi connectivity index (χ1) is 6.92. The Morgan fingerprint density at radius 2 is 2.36 bits per heavy atom. The van der Waals surface area contributed by atoms with Gasteiger partial charge in [0.25, 0.3) is 0 Å². The van der Waals surface area contributed by atoms with Gasteiger partial charge < -0.3 is 5.32 Å². The van der Waals surface area contributed by atoms with Crippen LogP contribution in [0.1, 0.15) is 5.56 Å². The quantitative estimate of drug-likeness (QED) is 0.725. The van der Waals surface area contributed by atoms with Gasteiger partial charge in [-0.2, -0.15) is 0 Å². The highest BCUT2D eigenvalue weighted by atomic mass is 16.1. The summed E-state index contributed by atoms with van der Waals surface area (Å²) in [6.45, 7) is 0.498. The SMILES string of the molecule is O=CNCc1cccc2cncnc12. The number of amides is 1. The van der Waals surface area contributed by atoms with Crippen molar-refractivity contribution in [1.82, 2.24) is 15.3 Å². The Balaban J connectivity index is 2.48. The highest BCUT2D eigenvalue weighted by molar-refractivity contribution is 5.80. The second-order valence-electron chi connectivity index (χ2n) is 2.88. The monoisotopic (exact) mass is 187 g/mol. The van der Waals surface area contributed by atoms with Crippen molar-refractivity contribution in [2.75, 3.05) is 0 Å². The molecule has 4 heteroatoms. The van der Waals surface area contributed by atoms with E-state index >= 15 is 0 Å². The first-order valence-corrected chi connectivity index (χ1v) is 4.26. The van der Waals surface area contributed by atoms with Crippen molar-refractivity contribution in [3.8, 4) is 0 Å². The molecule has 1 amide bonds. The van der Waals surface area contributed by atoms with Crippen LogP contribution in [0.25, 0.3) is 10.9 Å². The largest absolute Gasteiger partial charge is 0.355 e. The van der Waals surface area contributed by atoms with Crippen LogP contribution in [0, 0.1) is 0 Å². The number of aromatic nitrogens is 2. The molecule has 0 aliphatic heterocycles. The maximum Gasteiger partial charge on any atom is 0.207 e. The molecule has 70 valence electrons. The number of hydrogen-bond donors (Lipinski definition) is 1. The Morgan fingerprint density at radius 3 is 3.21 bits per heavy atom. The molecule has 1 N–H and O–H groups in total. The van der Waals surface area contributed by atoms with Crippen molar-refractivity contribution in [2.45, 2.75) is 6.54 Å². The van der Waals surface area contributed by atoms with Crippen LogP contribution in [-0.2, 0) is 11.3 Å². The lowest BCUT2D eigenvalue weighted by molar-refractivity contribution is -0.109. The van der Waals surface area contributed by atoms with E-state index in [4.69, 9.17) is 0 Å². The molecule has 0 fully saturated rings. The molecular formula is C10H9N3O. The van der Waals surface area contributed by atoms with Gasteiger partial charge in [0, 0.05) is 18.1 Å². The Bertz CT molecular complexity index is 451. The zero-order valence-corrected chi connectivity index (χ0v) is 7.47. The molecule has 0 unspecified atom stereocenters.